The minimum absolute atomic E-state index is 0.00119. The molecule has 1 heterocycles. The summed E-state index contributed by atoms with van der Waals surface area (Å²) in [6.07, 6.45) is -0.635. The van der Waals surface area contributed by atoms with E-state index in [0.717, 1.165) is 11.3 Å². The highest BCUT2D eigenvalue weighted by molar-refractivity contribution is 7.21. The Morgan fingerprint density at radius 1 is 1.20 bits per heavy atom. The second-order valence-corrected chi connectivity index (χ2v) is 7.14. The average molecular weight is 367 g/mol. The quantitative estimate of drug-likeness (QED) is 0.740. The Morgan fingerprint density at radius 3 is 2.44 bits per heavy atom. The van der Waals surface area contributed by atoms with Gasteiger partial charge in [-0.05, 0) is 39.0 Å². The number of hydrogen-bond donors (Lipinski definition) is 3. The Labute approximate surface area is 147 Å². The van der Waals surface area contributed by atoms with Crippen LogP contribution in [0.5, 0.6) is 5.75 Å². The van der Waals surface area contributed by atoms with Crippen molar-refractivity contribution in [2.45, 2.75) is 26.4 Å². The normalized spacial score (nSPS) is 11.2. The second-order valence-electron chi connectivity index (χ2n) is 6.09. The molecular weight excluding hydrogens is 350 g/mol. The summed E-state index contributed by atoms with van der Waals surface area (Å²) >= 11 is 0.928. The van der Waals surface area contributed by atoms with Crippen LogP contribution in [0.25, 0.3) is 10.1 Å². The van der Waals surface area contributed by atoms with Crippen molar-refractivity contribution in [2.24, 2.45) is 0 Å². The van der Waals surface area contributed by atoms with E-state index in [1.165, 1.54) is 0 Å². The van der Waals surface area contributed by atoms with Crippen molar-refractivity contribution in [3.8, 4) is 5.75 Å². The number of aromatic carboxylic acids is 1. The molecule has 0 aliphatic carbocycles. The number of thiophene rings is 1. The number of carboxylic acid groups (broad SMARTS) is 2. The number of rotatable bonds is 5. The van der Waals surface area contributed by atoms with E-state index in [1.807, 2.05) is 0 Å². The van der Waals surface area contributed by atoms with E-state index in [4.69, 9.17) is 14.6 Å². The molecule has 9 heteroatoms. The molecule has 3 N–H and O–H groups in total. The molecule has 134 valence electrons. The third kappa shape index (κ3) is 4.83. The minimum Gasteiger partial charge on any atom is -0.479 e. The van der Waals surface area contributed by atoms with Crippen LogP contribution < -0.4 is 10.1 Å². The topological polar surface area (TPSA) is 122 Å². The number of ether oxygens (including phenoxy) is 2. The lowest BCUT2D eigenvalue weighted by atomic mass is 10.2. The summed E-state index contributed by atoms with van der Waals surface area (Å²) in [5, 5.41) is 21.0. The van der Waals surface area contributed by atoms with E-state index >= 15 is 0 Å². The number of aliphatic carboxylic acids is 1. The van der Waals surface area contributed by atoms with Crippen molar-refractivity contribution >= 4 is 45.1 Å². The SMILES string of the molecule is CC(C)(C)OC(=O)Nc1ccc2c(OCC(=O)O)c(C(=O)O)sc2c1. The number of amides is 1. The highest BCUT2D eigenvalue weighted by atomic mass is 32.1. The van der Waals surface area contributed by atoms with Gasteiger partial charge < -0.3 is 19.7 Å². The van der Waals surface area contributed by atoms with Gasteiger partial charge in [0.15, 0.2) is 17.2 Å². The Morgan fingerprint density at radius 2 is 1.88 bits per heavy atom. The number of fused-ring (bicyclic) bond motifs is 1. The van der Waals surface area contributed by atoms with Gasteiger partial charge in [-0.15, -0.1) is 11.3 Å². The van der Waals surface area contributed by atoms with Crippen LogP contribution in [0.3, 0.4) is 0 Å². The van der Waals surface area contributed by atoms with Crippen LogP contribution in [-0.2, 0) is 9.53 Å². The lowest BCUT2D eigenvalue weighted by Crippen LogP contribution is -2.27. The number of carbonyl (C=O) groups is 3. The van der Waals surface area contributed by atoms with Gasteiger partial charge in [0, 0.05) is 15.8 Å². The summed E-state index contributed by atoms with van der Waals surface area (Å²) in [7, 11) is 0. The molecule has 0 atom stereocenters. The predicted molar refractivity (Wildman–Crippen MR) is 91.8 cm³/mol. The molecule has 0 unspecified atom stereocenters. The summed E-state index contributed by atoms with van der Waals surface area (Å²) < 4.78 is 10.8. The summed E-state index contributed by atoms with van der Waals surface area (Å²) in [4.78, 5) is 33.7. The highest BCUT2D eigenvalue weighted by Gasteiger charge is 2.21. The average Bonchev–Trinajstić information content (AvgIpc) is 2.81. The molecule has 1 aromatic heterocycles. The van der Waals surface area contributed by atoms with Gasteiger partial charge in [0.25, 0.3) is 0 Å². The smallest absolute Gasteiger partial charge is 0.412 e. The maximum atomic E-state index is 11.8. The first-order chi connectivity index (χ1) is 11.6. The zero-order chi connectivity index (χ0) is 18.8. The molecule has 2 aromatic rings. The van der Waals surface area contributed by atoms with Crippen LogP contribution in [0.15, 0.2) is 18.2 Å². The first kappa shape index (κ1) is 18.5. The van der Waals surface area contributed by atoms with Crippen LogP contribution >= 0.6 is 11.3 Å². The van der Waals surface area contributed by atoms with E-state index < -0.39 is 30.2 Å². The molecule has 0 bridgehead atoms. The highest BCUT2D eigenvalue weighted by Crippen LogP contribution is 2.39. The zero-order valence-corrected chi connectivity index (χ0v) is 14.6. The van der Waals surface area contributed by atoms with Gasteiger partial charge in [0.1, 0.15) is 5.60 Å². The summed E-state index contributed by atoms with van der Waals surface area (Å²) in [6, 6.07) is 4.68. The molecule has 0 saturated heterocycles. The Balaban J connectivity index is 2.32. The number of anilines is 1. The maximum absolute atomic E-state index is 11.8. The molecule has 2 rings (SSSR count). The van der Waals surface area contributed by atoms with Crippen molar-refractivity contribution in [3.05, 3.63) is 23.1 Å². The van der Waals surface area contributed by atoms with E-state index in [9.17, 15) is 19.5 Å². The number of hydrogen-bond acceptors (Lipinski definition) is 6. The van der Waals surface area contributed by atoms with Crippen LogP contribution in [0.2, 0.25) is 0 Å². The molecule has 0 radical (unpaired) electrons. The van der Waals surface area contributed by atoms with Crippen LogP contribution in [0.4, 0.5) is 10.5 Å². The second kappa shape index (κ2) is 6.98. The fraction of sp³-hybridized carbons (Fsp3) is 0.312. The molecule has 0 fully saturated rings. The van der Waals surface area contributed by atoms with Gasteiger partial charge in [-0.1, -0.05) is 0 Å². The molecule has 1 amide bonds. The monoisotopic (exact) mass is 367 g/mol. The van der Waals surface area contributed by atoms with Gasteiger partial charge in [-0.25, -0.2) is 14.4 Å². The molecule has 0 aliphatic rings. The largest absolute Gasteiger partial charge is 0.479 e. The molecule has 0 aliphatic heterocycles. The maximum Gasteiger partial charge on any atom is 0.412 e. The van der Waals surface area contributed by atoms with Crippen LogP contribution in [0.1, 0.15) is 30.4 Å². The molecule has 0 spiro atoms. The predicted octanol–water partition coefficient (Wildman–Crippen LogP) is 3.41. The van der Waals surface area contributed by atoms with Gasteiger partial charge in [-0.2, -0.15) is 0 Å². The summed E-state index contributed by atoms with van der Waals surface area (Å²) in [5.41, 5.74) is -0.226. The molecule has 0 saturated carbocycles. The number of nitrogens with one attached hydrogen (secondary N) is 1. The third-order valence-corrected chi connectivity index (χ3v) is 3.95. The first-order valence-electron chi connectivity index (χ1n) is 7.21. The van der Waals surface area contributed by atoms with Crippen LogP contribution in [0, 0.1) is 0 Å². The molecule has 1 aromatic carbocycles. The van der Waals surface area contributed by atoms with E-state index in [2.05, 4.69) is 5.32 Å². The Hall–Kier alpha value is -2.81. The lowest BCUT2D eigenvalue weighted by Gasteiger charge is -2.19. The standard InChI is InChI=1S/C16H17NO7S/c1-16(2,3)24-15(22)17-8-4-5-9-10(6-8)25-13(14(20)21)12(9)23-7-11(18)19/h4-6H,7H2,1-3H3,(H,17,22)(H,18,19)(H,20,21). The summed E-state index contributed by atoms with van der Waals surface area (Å²) in [5.74, 6) is -2.43. The lowest BCUT2D eigenvalue weighted by molar-refractivity contribution is -0.139. The number of carboxylic acids is 2. The molecular formula is C16H17NO7S. The van der Waals surface area contributed by atoms with Gasteiger partial charge >= 0.3 is 18.0 Å². The molecule has 8 nitrogen and oxygen atoms in total. The van der Waals surface area contributed by atoms with Crippen molar-refractivity contribution in [1.82, 2.24) is 0 Å². The van der Waals surface area contributed by atoms with E-state index in [0.29, 0.717) is 15.8 Å². The third-order valence-electron chi connectivity index (χ3n) is 2.82. The molecule has 25 heavy (non-hydrogen) atoms. The van der Waals surface area contributed by atoms with Crippen molar-refractivity contribution in [1.29, 1.82) is 0 Å². The zero-order valence-electron chi connectivity index (χ0n) is 13.8. The Kier molecular flexibility index (Phi) is 5.17. The number of benzene rings is 1. The Bertz CT molecular complexity index is 835. The van der Waals surface area contributed by atoms with E-state index in [-0.39, 0.29) is 10.6 Å². The fourth-order valence-corrected chi connectivity index (χ4v) is 3.02. The summed E-state index contributed by atoms with van der Waals surface area (Å²) in [6.45, 7) is 4.56. The fourth-order valence-electron chi connectivity index (χ4n) is 1.99. The first-order valence-corrected chi connectivity index (χ1v) is 8.03. The van der Waals surface area contributed by atoms with Crippen molar-refractivity contribution < 1.29 is 34.1 Å². The number of carbonyl (C=O) groups excluding carboxylic acids is 1. The van der Waals surface area contributed by atoms with Gasteiger partial charge in [0.2, 0.25) is 0 Å². The van der Waals surface area contributed by atoms with Crippen molar-refractivity contribution in [3.63, 3.8) is 0 Å². The van der Waals surface area contributed by atoms with E-state index in [1.54, 1.807) is 39.0 Å². The van der Waals surface area contributed by atoms with Gasteiger partial charge in [0.05, 0.1) is 0 Å². The van der Waals surface area contributed by atoms with Crippen LogP contribution in [-0.4, -0.2) is 40.5 Å². The van der Waals surface area contributed by atoms with Gasteiger partial charge in [-0.3, -0.25) is 5.32 Å². The minimum atomic E-state index is -1.22. The van der Waals surface area contributed by atoms with Crippen molar-refractivity contribution in [2.75, 3.05) is 11.9 Å².